The Balaban J connectivity index is 1.71. The average Bonchev–Trinajstić information content (AvgIpc) is 2.90. The summed E-state index contributed by atoms with van der Waals surface area (Å²) in [7, 11) is 1.69. The summed E-state index contributed by atoms with van der Waals surface area (Å²) in [4.78, 5) is 17.7. The molecule has 0 radical (unpaired) electrons. The van der Waals surface area contributed by atoms with Crippen molar-refractivity contribution in [1.29, 1.82) is 0 Å². The molecule has 0 atom stereocenters. The number of likely N-dealkylation sites (N-methyl/N-ethyl adjacent to an activating group) is 1. The molecule has 0 saturated heterocycles. The maximum absolute atomic E-state index is 12.2. The fourth-order valence-corrected chi connectivity index (χ4v) is 2.52. The lowest BCUT2D eigenvalue weighted by Crippen LogP contribution is -2.23. The Bertz CT molecular complexity index is 900. The van der Waals surface area contributed by atoms with Gasteiger partial charge in [-0.15, -0.1) is 0 Å². The summed E-state index contributed by atoms with van der Waals surface area (Å²) in [5.74, 6) is 0.842. The van der Waals surface area contributed by atoms with Gasteiger partial charge in [0.25, 0.3) is 0 Å². The molecule has 1 aromatic carbocycles. The van der Waals surface area contributed by atoms with Crippen molar-refractivity contribution in [2.45, 2.75) is 6.54 Å². The molecule has 0 spiro atoms. The van der Waals surface area contributed by atoms with Gasteiger partial charge in [-0.1, -0.05) is 23.7 Å². The van der Waals surface area contributed by atoms with Crippen LogP contribution in [0.1, 0.15) is 11.3 Å². The number of nitrogen functional groups attached to an aromatic ring is 1. The molecule has 1 amide bonds. The fraction of sp³-hybridized carbons (Fsp3) is 0.111. The summed E-state index contributed by atoms with van der Waals surface area (Å²) < 4.78 is 5.72. The lowest BCUT2D eigenvalue weighted by Gasteiger charge is -2.13. The Morgan fingerprint density at radius 3 is 2.83 bits per heavy atom. The number of para-hydroxylation sites is 1. The summed E-state index contributed by atoms with van der Waals surface area (Å²) >= 11 is 6.32. The van der Waals surface area contributed by atoms with Gasteiger partial charge in [0.1, 0.15) is 17.2 Å². The van der Waals surface area contributed by atoms with E-state index in [2.05, 4.69) is 4.98 Å². The van der Waals surface area contributed by atoms with E-state index in [4.69, 9.17) is 21.8 Å². The summed E-state index contributed by atoms with van der Waals surface area (Å²) in [6.45, 7) is 0.288. The van der Waals surface area contributed by atoms with E-state index >= 15 is 0 Å². The number of aromatic nitrogens is 1. The first-order valence-corrected chi connectivity index (χ1v) is 7.73. The van der Waals surface area contributed by atoms with Gasteiger partial charge in [0.05, 0.1) is 11.6 Å². The number of furan rings is 1. The highest BCUT2D eigenvalue weighted by atomic mass is 35.5. The van der Waals surface area contributed by atoms with Crippen molar-refractivity contribution in [3.05, 3.63) is 65.0 Å². The quantitative estimate of drug-likeness (QED) is 0.734. The number of hydrogen-bond donors (Lipinski definition) is 1. The molecule has 2 heterocycles. The number of carbonyl (C=O) groups is 1. The standard InChI is InChI=1S/C18H16ClN3O2/c1-22(17(23)9-7-12-6-8-16(20)21-10-12)11-15-18(19)13-4-2-3-5-14(13)24-15/h2-10H,11H2,1H3,(H2,20,21)/b9-7+. The van der Waals surface area contributed by atoms with Crippen molar-refractivity contribution < 1.29 is 9.21 Å². The number of benzene rings is 1. The number of nitrogens with two attached hydrogens (primary N) is 1. The lowest BCUT2D eigenvalue weighted by atomic mass is 10.2. The molecule has 6 heteroatoms. The van der Waals surface area contributed by atoms with Crippen molar-refractivity contribution >= 4 is 40.4 Å². The minimum atomic E-state index is -0.164. The first-order chi connectivity index (χ1) is 11.5. The molecule has 0 aliphatic rings. The molecule has 2 aromatic heterocycles. The smallest absolute Gasteiger partial charge is 0.246 e. The number of rotatable bonds is 4. The molecule has 0 aliphatic heterocycles. The van der Waals surface area contributed by atoms with E-state index in [9.17, 15) is 4.79 Å². The molecule has 122 valence electrons. The zero-order valence-corrected chi connectivity index (χ0v) is 13.8. The van der Waals surface area contributed by atoms with E-state index in [1.807, 2.05) is 24.3 Å². The molecule has 0 fully saturated rings. The molecule has 0 aliphatic carbocycles. The molecule has 3 aromatic rings. The minimum absolute atomic E-state index is 0.164. The number of amides is 1. The van der Waals surface area contributed by atoms with Crippen LogP contribution in [0.5, 0.6) is 0 Å². The Kier molecular flexibility index (Phi) is 4.53. The second-order valence-corrected chi connectivity index (χ2v) is 5.76. The van der Waals surface area contributed by atoms with Gasteiger partial charge in [-0.2, -0.15) is 0 Å². The second kappa shape index (κ2) is 6.76. The van der Waals surface area contributed by atoms with Gasteiger partial charge in [0.15, 0.2) is 0 Å². The van der Waals surface area contributed by atoms with Gasteiger partial charge < -0.3 is 15.1 Å². The summed E-state index contributed by atoms with van der Waals surface area (Å²) in [5.41, 5.74) is 7.04. The van der Waals surface area contributed by atoms with Crippen LogP contribution in [0.25, 0.3) is 17.0 Å². The van der Waals surface area contributed by atoms with E-state index in [0.717, 1.165) is 10.9 Å². The van der Waals surface area contributed by atoms with Crippen molar-refractivity contribution in [1.82, 2.24) is 9.88 Å². The first kappa shape index (κ1) is 16.1. The van der Waals surface area contributed by atoms with Gasteiger partial charge in [0, 0.05) is 24.7 Å². The van der Waals surface area contributed by atoms with Crippen LogP contribution in [0.15, 0.2) is 53.1 Å². The van der Waals surface area contributed by atoms with Crippen LogP contribution >= 0.6 is 11.6 Å². The van der Waals surface area contributed by atoms with Crippen molar-refractivity contribution in [3.8, 4) is 0 Å². The zero-order valence-electron chi connectivity index (χ0n) is 13.1. The summed E-state index contributed by atoms with van der Waals surface area (Å²) in [6.07, 6.45) is 4.77. The maximum Gasteiger partial charge on any atom is 0.246 e. The highest BCUT2D eigenvalue weighted by molar-refractivity contribution is 6.36. The molecule has 5 nitrogen and oxygen atoms in total. The second-order valence-electron chi connectivity index (χ2n) is 5.38. The van der Waals surface area contributed by atoms with Crippen LogP contribution in [-0.4, -0.2) is 22.8 Å². The Morgan fingerprint density at radius 2 is 2.12 bits per heavy atom. The molecular formula is C18H16ClN3O2. The van der Waals surface area contributed by atoms with Crippen LogP contribution in [0.3, 0.4) is 0 Å². The Labute approximate surface area is 144 Å². The van der Waals surface area contributed by atoms with E-state index in [-0.39, 0.29) is 12.5 Å². The van der Waals surface area contributed by atoms with Gasteiger partial charge >= 0.3 is 0 Å². The number of halogens is 1. The average molecular weight is 342 g/mol. The van der Waals surface area contributed by atoms with Gasteiger partial charge in [0.2, 0.25) is 5.91 Å². The third-order valence-electron chi connectivity index (χ3n) is 3.59. The fourth-order valence-electron chi connectivity index (χ4n) is 2.27. The van der Waals surface area contributed by atoms with Gasteiger partial charge in [-0.25, -0.2) is 4.98 Å². The number of pyridine rings is 1. The van der Waals surface area contributed by atoms with Crippen LogP contribution in [0.2, 0.25) is 5.02 Å². The molecular weight excluding hydrogens is 326 g/mol. The highest BCUT2D eigenvalue weighted by Gasteiger charge is 2.15. The maximum atomic E-state index is 12.2. The summed E-state index contributed by atoms with van der Waals surface area (Å²) in [5, 5.41) is 1.38. The van der Waals surface area contributed by atoms with E-state index in [0.29, 0.717) is 22.2 Å². The third kappa shape index (κ3) is 3.41. The largest absolute Gasteiger partial charge is 0.458 e. The normalized spacial score (nSPS) is 11.2. The van der Waals surface area contributed by atoms with Crippen molar-refractivity contribution in [3.63, 3.8) is 0 Å². The Hall–Kier alpha value is -2.79. The first-order valence-electron chi connectivity index (χ1n) is 7.35. The highest BCUT2D eigenvalue weighted by Crippen LogP contribution is 2.30. The van der Waals surface area contributed by atoms with E-state index < -0.39 is 0 Å². The number of fused-ring (bicyclic) bond motifs is 1. The predicted octanol–water partition coefficient (Wildman–Crippen LogP) is 3.74. The summed E-state index contributed by atoms with van der Waals surface area (Å²) in [6, 6.07) is 11.0. The minimum Gasteiger partial charge on any atom is -0.458 e. The molecule has 24 heavy (non-hydrogen) atoms. The molecule has 2 N–H and O–H groups in total. The van der Waals surface area contributed by atoms with Gasteiger partial charge in [-0.3, -0.25) is 4.79 Å². The third-order valence-corrected chi connectivity index (χ3v) is 4.00. The van der Waals surface area contributed by atoms with Crippen LogP contribution in [0.4, 0.5) is 5.82 Å². The molecule has 0 unspecified atom stereocenters. The van der Waals surface area contributed by atoms with E-state index in [1.54, 1.807) is 31.5 Å². The number of hydrogen-bond acceptors (Lipinski definition) is 4. The van der Waals surface area contributed by atoms with Crippen LogP contribution in [-0.2, 0) is 11.3 Å². The van der Waals surface area contributed by atoms with Crippen molar-refractivity contribution in [2.24, 2.45) is 0 Å². The predicted molar refractivity (Wildman–Crippen MR) is 95.4 cm³/mol. The lowest BCUT2D eigenvalue weighted by molar-refractivity contribution is -0.125. The zero-order chi connectivity index (χ0) is 17.1. The Morgan fingerprint density at radius 1 is 1.33 bits per heavy atom. The SMILES string of the molecule is CN(Cc1oc2ccccc2c1Cl)C(=O)/C=C/c1ccc(N)nc1. The van der Waals surface area contributed by atoms with Crippen molar-refractivity contribution in [2.75, 3.05) is 12.8 Å². The van der Waals surface area contributed by atoms with Crippen LogP contribution < -0.4 is 5.73 Å². The topological polar surface area (TPSA) is 72.4 Å². The molecule has 0 bridgehead atoms. The molecule has 3 rings (SSSR count). The van der Waals surface area contributed by atoms with Gasteiger partial charge in [-0.05, 0) is 35.9 Å². The van der Waals surface area contributed by atoms with Crippen LogP contribution in [0, 0.1) is 0 Å². The number of anilines is 1. The van der Waals surface area contributed by atoms with E-state index in [1.165, 1.54) is 11.0 Å². The molecule has 0 saturated carbocycles. The monoisotopic (exact) mass is 341 g/mol. The number of carbonyl (C=O) groups excluding carboxylic acids is 1. The number of nitrogens with zero attached hydrogens (tertiary/aromatic N) is 2.